The summed E-state index contributed by atoms with van der Waals surface area (Å²) in [5, 5.41) is 2.63. The van der Waals surface area contributed by atoms with Crippen LogP contribution in [0, 0.1) is 12.7 Å². The van der Waals surface area contributed by atoms with Gasteiger partial charge in [-0.1, -0.05) is 18.2 Å². The van der Waals surface area contributed by atoms with Gasteiger partial charge in [0, 0.05) is 5.69 Å². The highest BCUT2D eigenvalue weighted by Crippen LogP contribution is 2.28. The molecule has 0 unspecified atom stereocenters. The van der Waals surface area contributed by atoms with Gasteiger partial charge in [0.25, 0.3) is 5.76 Å². The molecule has 0 fully saturated rings. The van der Waals surface area contributed by atoms with E-state index in [1.807, 2.05) is 0 Å². The van der Waals surface area contributed by atoms with Gasteiger partial charge >= 0.3 is 0 Å². The number of para-hydroxylation sites is 2. The van der Waals surface area contributed by atoms with Crippen molar-refractivity contribution in [1.29, 1.82) is 0 Å². The average molecular weight is 365 g/mol. The minimum atomic E-state index is -2.65. The van der Waals surface area contributed by atoms with Gasteiger partial charge in [-0.3, -0.25) is 4.79 Å². The number of nitrogens with one attached hydrogen (secondary N) is 1. The molecule has 0 aliphatic rings. The first-order valence-corrected chi connectivity index (χ1v) is 8.28. The Kier molecular flexibility index (Phi) is 4.98. The molecular weight excluding hydrogens is 351 g/mol. The predicted octanol–water partition coefficient (Wildman–Crippen LogP) is 4.44. The molecular formula is C17H14F3N3OS. The van der Waals surface area contributed by atoms with Crippen LogP contribution in [-0.2, 0) is 11.3 Å². The lowest BCUT2D eigenvalue weighted by molar-refractivity contribution is -0.116. The minimum absolute atomic E-state index is 0.0569. The Balaban J connectivity index is 1.85. The number of hydrogen-bond acceptors (Lipinski definition) is 3. The molecule has 0 saturated heterocycles. The van der Waals surface area contributed by atoms with E-state index in [1.165, 1.54) is 10.6 Å². The van der Waals surface area contributed by atoms with E-state index < -0.39 is 17.5 Å². The highest BCUT2D eigenvalue weighted by Gasteiger charge is 2.18. The second-order valence-electron chi connectivity index (χ2n) is 5.36. The average Bonchev–Trinajstić information content (AvgIpc) is 2.88. The number of rotatable bonds is 5. The molecule has 1 N–H and O–H groups in total. The maximum Gasteiger partial charge on any atom is 0.291 e. The number of fused-ring (bicyclic) bond motifs is 1. The lowest BCUT2D eigenvalue weighted by Gasteiger charge is -2.10. The van der Waals surface area contributed by atoms with Crippen LogP contribution in [0.25, 0.3) is 11.0 Å². The lowest BCUT2D eigenvalue weighted by Crippen LogP contribution is -2.19. The van der Waals surface area contributed by atoms with E-state index >= 15 is 0 Å². The molecule has 130 valence electrons. The molecule has 3 rings (SSSR count). The van der Waals surface area contributed by atoms with E-state index in [9.17, 15) is 18.0 Å². The van der Waals surface area contributed by atoms with Crippen LogP contribution in [0.5, 0.6) is 0 Å². The molecule has 0 saturated carbocycles. The molecule has 0 radical (unpaired) electrons. The molecule has 1 aromatic heterocycles. The highest BCUT2D eigenvalue weighted by atomic mass is 32.2. The van der Waals surface area contributed by atoms with E-state index in [0.29, 0.717) is 22.3 Å². The molecule has 1 amide bonds. The third-order valence-electron chi connectivity index (χ3n) is 3.57. The fourth-order valence-corrected chi connectivity index (χ4v) is 2.99. The Bertz CT molecular complexity index is 927. The summed E-state index contributed by atoms with van der Waals surface area (Å²) in [7, 11) is 0. The maximum atomic E-state index is 13.6. The SMILES string of the molecule is Cc1ccc(NC(=O)Cn2c(SC(F)F)nc3ccccc32)cc1F. The smallest absolute Gasteiger partial charge is 0.291 e. The van der Waals surface area contributed by atoms with Crippen LogP contribution in [0.15, 0.2) is 47.6 Å². The topological polar surface area (TPSA) is 46.9 Å². The molecule has 3 aromatic rings. The van der Waals surface area contributed by atoms with E-state index in [-0.39, 0.29) is 23.5 Å². The molecule has 0 aliphatic heterocycles. The van der Waals surface area contributed by atoms with Crippen molar-refractivity contribution in [2.45, 2.75) is 24.4 Å². The number of thioether (sulfide) groups is 1. The molecule has 8 heteroatoms. The predicted molar refractivity (Wildman–Crippen MR) is 91.4 cm³/mol. The summed E-state index contributed by atoms with van der Waals surface area (Å²) in [6.07, 6.45) is 0. The third kappa shape index (κ3) is 3.96. The van der Waals surface area contributed by atoms with Gasteiger partial charge in [0.05, 0.1) is 11.0 Å². The Morgan fingerprint density at radius 2 is 2.04 bits per heavy atom. The Morgan fingerprint density at radius 1 is 1.28 bits per heavy atom. The Morgan fingerprint density at radius 3 is 2.76 bits per heavy atom. The van der Waals surface area contributed by atoms with Crippen LogP contribution >= 0.6 is 11.8 Å². The number of hydrogen-bond donors (Lipinski definition) is 1. The second kappa shape index (κ2) is 7.18. The standard InChI is InChI=1S/C17H14F3N3OS/c1-10-6-7-11(8-12(10)18)21-15(24)9-23-14-5-3-2-4-13(14)22-17(23)25-16(19)20/h2-8,16H,9H2,1H3,(H,21,24). The van der Waals surface area contributed by atoms with Crippen molar-refractivity contribution in [3.8, 4) is 0 Å². The first kappa shape index (κ1) is 17.3. The number of carbonyl (C=O) groups excluding carboxylic acids is 1. The number of nitrogens with zero attached hydrogens (tertiary/aromatic N) is 2. The minimum Gasteiger partial charge on any atom is -0.324 e. The monoisotopic (exact) mass is 365 g/mol. The number of carbonyl (C=O) groups is 1. The zero-order chi connectivity index (χ0) is 18.0. The molecule has 1 heterocycles. The van der Waals surface area contributed by atoms with Crippen LogP contribution in [0.2, 0.25) is 0 Å². The fourth-order valence-electron chi connectivity index (χ4n) is 2.39. The first-order chi connectivity index (χ1) is 11.9. The van der Waals surface area contributed by atoms with E-state index in [2.05, 4.69) is 10.3 Å². The lowest BCUT2D eigenvalue weighted by atomic mass is 10.2. The number of alkyl halides is 2. The first-order valence-electron chi connectivity index (χ1n) is 7.40. The second-order valence-corrected chi connectivity index (χ2v) is 6.32. The third-order valence-corrected chi connectivity index (χ3v) is 4.27. The number of aryl methyl sites for hydroxylation is 1. The van der Waals surface area contributed by atoms with E-state index in [1.54, 1.807) is 43.3 Å². The number of aromatic nitrogens is 2. The number of anilines is 1. The van der Waals surface area contributed by atoms with Crippen LogP contribution in [-0.4, -0.2) is 21.2 Å². The molecule has 4 nitrogen and oxygen atoms in total. The summed E-state index contributed by atoms with van der Waals surface area (Å²) in [5.41, 5.74) is 1.88. The zero-order valence-corrected chi connectivity index (χ0v) is 14.0. The molecule has 0 atom stereocenters. The van der Waals surface area contributed by atoms with E-state index in [4.69, 9.17) is 0 Å². The van der Waals surface area contributed by atoms with Gasteiger partial charge in [-0.15, -0.1) is 0 Å². The number of imidazole rings is 1. The molecule has 25 heavy (non-hydrogen) atoms. The molecule has 0 bridgehead atoms. The van der Waals surface area contributed by atoms with Crippen LogP contribution in [0.1, 0.15) is 5.56 Å². The fraction of sp³-hybridized carbons (Fsp3) is 0.176. The van der Waals surface area contributed by atoms with Gasteiger partial charge in [0.2, 0.25) is 5.91 Å². The maximum absolute atomic E-state index is 13.6. The summed E-state index contributed by atoms with van der Waals surface area (Å²) in [6.45, 7) is 1.41. The van der Waals surface area contributed by atoms with Crippen LogP contribution in [0.4, 0.5) is 18.9 Å². The summed E-state index contributed by atoms with van der Waals surface area (Å²) in [6, 6.07) is 11.2. The van der Waals surface area contributed by atoms with Crippen molar-refractivity contribution < 1.29 is 18.0 Å². The zero-order valence-electron chi connectivity index (χ0n) is 13.2. The van der Waals surface area contributed by atoms with Crippen molar-refractivity contribution in [1.82, 2.24) is 9.55 Å². The van der Waals surface area contributed by atoms with Gasteiger partial charge < -0.3 is 9.88 Å². The summed E-state index contributed by atoms with van der Waals surface area (Å²) in [4.78, 5) is 16.4. The van der Waals surface area contributed by atoms with Crippen LogP contribution in [0.3, 0.4) is 0 Å². The highest BCUT2D eigenvalue weighted by molar-refractivity contribution is 7.99. The van der Waals surface area contributed by atoms with Gasteiger partial charge in [-0.05, 0) is 48.5 Å². The number of halogens is 3. The number of benzene rings is 2. The Labute approximate surface area is 146 Å². The van der Waals surface area contributed by atoms with Gasteiger partial charge in [-0.25, -0.2) is 9.37 Å². The molecule has 0 spiro atoms. The van der Waals surface area contributed by atoms with Crippen molar-refractivity contribution in [2.75, 3.05) is 5.32 Å². The van der Waals surface area contributed by atoms with Crippen molar-refractivity contribution >= 4 is 34.4 Å². The van der Waals surface area contributed by atoms with Crippen molar-refractivity contribution in [2.24, 2.45) is 0 Å². The normalized spacial score (nSPS) is 11.2. The quantitative estimate of drug-likeness (QED) is 0.680. The van der Waals surface area contributed by atoms with Crippen molar-refractivity contribution in [3.05, 3.63) is 53.8 Å². The van der Waals surface area contributed by atoms with Crippen molar-refractivity contribution in [3.63, 3.8) is 0 Å². The largest absolute Gasteiger partial charge is 0.324 e. The van der Waals surface area contributed by atoms with Crippen LogP contribution < -0.4 is 5.32 Å². The summed E-state index contributed by atoms with van der Waals surface area (Å²) >= 11 is 0.282. The summed E-state index contributed by atoms with van der Waals surface area (Å²) < 4.78 is 40.5. The summed E-state index contributed by atoms with van der Waals surface area (Å²) in [5.74, 6) is -3.54. The Hall–Kier alpha value is -2.48. The molecule has 2 aromatic carbocycles. The number of amides is 1. The van der Waals surface area contributed by atoms with Gasteiger partial charge in [-0.2, -0.15) is 8.78 Å². The van der Waals surface area contributed by atoms with E-state index in [0.717, 1.165) is 0 Å². The van der Waals surface area contributed by atoms with Gasteiger partial charge in [0.15, 0.2) is 5.16 Å². The molecule has 0 aliphatic carbocycles. The van der Waals surface area contributed by atoms with Gasteiger partial charge in [0.1, 0.15) is 12.4 Å².